The number of phosphoric ester groups is 1. The van der Waals surface area contributed by atoms with Gasteiger partial charge < -0.3 is 13.7 Å². The van der Waals surface area contributed by atoms with E-state index >= 15 is 0 Å². The van der Waals surface area contributed by atoms with Crippen molar-refractivity contribution in [2.75, 3.05) is 7.11 Å². The molecule has 1 aromatic heterocycles. The summed E-state index contributed by atoms with van der Waals surface area (Å²) in [4.78, 5) is 31.0. The van der Waals surface area contributed by atoms with Gasteiger partial charge in [0.25, 0.3) is 0 Å². The van der Waals surface area contributed by atoms with Crippen molar-refractivity contribution in [3.8, 4) is 22.8 Å². The van der Waals surface area contributed by atoms with E-state index in [4.69, 9.17) is 18.9 Å². The van der Waals surface area contributed by atoms with Crippen LogP contribution in [0.5, 0.6) is 11.5 Å². The van der Waals surface area contributed by atoms with Gasteiger partial charge in [0.15, 0.2) is 5.76 Å². The van der Waals surface area contributed by atoms with Crippen LogP contribution in [-0.4, -0.2) is 16.9 Å². The summed E-state index contributed by atoms with van der Waals surface area (Å²) < 4.78 is 27.5. The predicted molar refractivity (Wildman–Crippen MR) is 94.8 cm³/mol. The maximum absolute atomic E-state index is 12.7. The monoisotopic (exact) mass is 426 g/mol. The molecule has 0 atom stereocenters. The molecule has 0 spiro atoms. The fourth-order valence-electron chi connectivity index (χ4n) is 2.30. The van der Waals surface area contributed by atoms with Crippen LogP contribution < -0.4 is 14.7 Å². The highest BCUT2D eigenvalue weighted by Crippen LogP contribution is 2.42. The molecule has 0 amide bonds. The van der Waals surface area contributed by atoms with Gasteiger partial charge in [0.1, 0.15) is 11.3 Å². The number of halogens is 1. The van der Waals surface area contributed by atoms with Crippen molar-refractivity contribution in [2.24, 2.45) is 0 Å². The maximum Gasteiger partial charge on any atom is 0.525 e. The van der Waals surface area contributed by atoms with Crippen molar-refractivity contribution in [1.29, 1.82) is 0 Å². The second kappa shape index (κ2) is 6.65. The van der Waals surface area contributed by atoms with Crippen LogP contribution in [-0.2, 0) is 4.57 Å². The standard InChI is InChI=1S/C16H12BrO7P/c1-22-11-5-6-12-13(8-11)23-15(9-3-2-4-10(17)7-9)16(14(12)18)24-25(19,20)21/h2-8H,1H3,(H2,19,20,21). The first-order chi connectivity index (χ1) is 11.8. The van der Waals surface area contributed by atoms with E-state index in [1.807, 2.05) is 0 Å². The lowest BCUT2D eigenvalue weighted by Gasteiger charge is -2.12. The molecule has 0 aliphatic carbocycles. The van der Waals surface area contributed by atoms with Gasteiger partial charge in [-0.2, -0.15) is 0 Å². The number of benzene rings is 2. The van der Waals surface area contributed by atoms with Crippen molar-refractivity contribution in [2.45, 2.75) is 0 Å². The molecule has 0 fully saturated rings. The van der Waals surface area contributed by atoms with E-state index < -0.39 is 19.0 Å². The van der Waals surface area contributed by atoms with Crippen molar-refractivity contribution in [3.63, 3.8) is 0 Å². The molecule has 0 saturated heterocycles. The fraction of sp³-hybridized carbons (Fsp3) is 0.0625. The molecule has 7 nitrogen and oxygen atoms in total. The Balaban J connectivity index is 2.36. The molecule has 3 rings (SSSR count). The van der Waals surface area contributed by atoms with Crippen LogP contribution in [0.2, 0.25) is 0 Å². The molecule has 9 heteroatoms. The van der Waals surface area contributed by atoms with Crippen LogP contribution in [0, 0.1) is 0 Å². The third-order valence-electron chi connectivity index (χ3n) is 3.35. The summed E-state index contributed by atoms with van der Waals surface area (Å²) in [6, 6.07) is 11.2. The van der Waals surface area contributed by atoms with Crippen LogP contribution in [0.3, 0.4) is 0 Å². The van der Waals surface area contributed by atoms with Crippen LogP contribution in [0.15, 0.2) is 56.1 Å². The van der Waals surface area contributed by atoms with Gasteiger partial charge in [-0.25, -0.2) is 4.57 Å². The molecule has 0 radical (unpaired) electrons. The van der Waals surface area contributed by atoms with Gasteiger partial charge >= 0.3 is 7.82 Å². The van der Waals surface area contributed by atoms with Crippen LogP contribution in [0.25, 0.3) is 22.3 Å². The normalized spacial score (nSPS) is 11.5. The lowest BCUT2D eigenvalue weighted by Crippen LogP contribution is -2.09. The summed E-state index contributed by atoms with van der Waals surface area (Å²) in [7, 11) is -3.49. The minimum atomic E-state index is -4.96. The first-order valence-electron chi connectivity index (χ1n) is 6.94. The smallest absolute Gasteiger partial charge is 0.497 e. The molecule has 1 heterocycles. The average Bonchev–Trinajstić information content (AvgIpc) is 2.55. The van der Waals surface area contributed by atoms with Gasteiger partial charge in [0.05, 0.1) is 12.5 Å². The molecule has 130 valence electrons. The fourth-order valence-corrected chi connectivity index (χ4v) is 3.11. The minimum absolute atomic E-state index is 0.0876. The SMILES string of the molecule is COc1ccc2c(=O)c(OP(=O)(O)O)c(-c3cccc(Br)c3)oc2c1. The number of hydrogen-bond donors (Lipinski definition) is 2. The zero-order valence-electron chi connectivity index (χ0n) is 12.8. The number of fused-ring (bicyclic) bond motifs is 1. The third kappa shape index (κ3) is 3.77. The molecule has 0 aliphatic heterocycles. The van der Waals surface area contributed by atoms with E-state index in [2.05, 4.69) is 20.5 Å². The Morgan fingerprint density at radius 1 is 1.16 bits per heavy atom. The summed E-state index contributed by atoms with van der Waals surface area (Å²) >= 11 is 3.30. The van der Waals surface area contributed by atoms with Crippen LogP contribution >= 0.6 is 23.8 Å². The molecular weight excluding hydrogens is 415 g/mol. The number of methoxy groups -OCH3 is 1. The van der Waals surface area contributed by atoms with Crippen molar-refractivity contribution in [3.05, 3.63) is 57.2 Å². The summed E-state index contributed by atoms with van der Waals surface area (Å²) in [6.07, 6.45) is 0. The quantitative estimate of drug-likeness (QED) is 0.612. The van der Waals surface area contributed by atoms with Gasteiger partial charge in [0, 0.05) is 16.1 Å². The van der Waals surface area contributed by atoms with Crippen LogP contribution in [0.4, 0.5) is 0 Å². The van der Waals surface area contributed by atoms with Gasteiger partial charge in [-0.05, 0) is 24.3 Å². The Labute approximate surface area is 150 Å². The van der Waals surface area contributed by atoms with Crippen molar-refractivity contribution in [1.82, 2.24) is 0 Å². The molecule has 2 aromatic carbocycles. The number of phosphoric acid groups is 1. The number of hydrogen-bond acceptors (Lipinski definition) is 5. The molecule has 25 heavy (non-hydrogen) atoms. The van der Waals surface area contributed by atoms with Gasteiger partial charge in [-0.3, -0.25) is 14.6 Å². The highest BCUT2D eigenvalue weighted by atomic mass is 79.9. The third-order valence-corrected chi connectivity index (χ3v) is 4.27. The Hall–Kier alpha value is -2.12. The first kappa shape index (κ1) is 17.7. The second-order valence-electron chi connectivity index (χ2n) is 5.04. The molecule has 0 bridgehead atoms. The summed E-state index contributed by atoms with van der Waals surface area (Å²) in [6.45, 7) is 0. The Bertz CT molecular complexity index is 1050. The lowest BCUT2D eigenvalue weighted by molar-refractivity contribution is 0.280. The minimum Gasteiger partial charge on any atom is -0.497 e. The summed E-state index contributed by atoms with van der Waals surface area (Å²) in [5, 5.41) is 0.114. The highest BCUT2D eigenvalue weighted by Gasteiger charge is 2.25. The molecule has 0 unspecified atom stereocenters. The van der Waals surface area contributed by atoms with Gasteiger partial charge in [-0.1, -0.05) is 28.1 Å². The van der Waals surface area contributed by atoms with Crippen molar-refractivity contribution < 1.29 is 28.0 Å². The maximum atomic E-state index is 12.7. The Morgan fingerprint density at radius 3 is 2.56 bits per heavy atom. The lowest BCUT2D eigenvalue weighted by atomic mass is 10.1. The number of rotatable bonds is 4. The van der Waals surface area contributed by atoms with E-state index in [1.54, 1.807) is 30.3 Å². The molecule has 3 aromatic rings. The van der Waals surface area contributed by atoms with E-state index in [9.17, 15) is 9.36 Å². The van der Waals surface area contributed by atoms with E-state index in [-0.39, 0.29) is 16.7 Å². The molecule has 2 N–H and O–H groups in total. The largest absolute Gasteiger partial charge is 0.525 e. The van der Waals surface area contributed by atoms with E-state index in [1.165, 1.54) is 19.2 Å². The summed E-state index contributed by atoms with van der Waals surface area (Å²) in [5.41, 5.74) is -0.0702. The highest BCUT2D eigenvalue weighted by molar-refractivity contribution is 9.10. The Kier molecular flexibility index (Phi) is 4.71. The van der Waals surface area contributed by atoms with Gasteiger partial charge in [0.2, 0.25) is 11.2 Å². The van der Waals surface area contributed by atoms with E-state index in [0.717, 1.165) is 0 Å². The predicted octanol–water partition coefficient (Wildman–Crippen LogP) is 3.70. The zero-order valence-corrected chi connectivity index (χ0v) is 15.3. The average molecular weight is 427 g/mol. The zero-order chi connectivity index (χ0) is 18.2. The topological polar surface area (TPSA) is 106 Å². The number of ether oxygens (including phenoxy) is 1. The summed E-state index contributed by atoms with van der Waals surface area (Å²) in [5.74, 6) is -0.168. The molecule has 0 saturated carbocycles. The van der Waals surface area contributed by atoms with E-state index in [0.29, 0.717) is 15.8 Å². The Morgan fingerprint density at radius 2 is 1.92 bits per heavy atom. The molecular formula is C16H12BrO7P. The molecule has 0 aliphatic rings. The van der Waals surface area contributed by atoms with Crippen LogP contribution in [0.1, 0.15) is 0 Å². The first-order valence-corrected chi connectivity index (χ1v) is 9.27. The second-order valence-corrected chi connectivity index (χ2v) is 7.12. The van der Waals surface area contributed by atoms with Crippen molar-refractivity contribution >= 4 is 34.7 Å². The van der Waals surface area contributed by atoms with Gasteiger partial charge in [-0.15, -0.1) is 0 Å².